The number of nitrogens with zero attached hydrogens (tertiary/aromatic N) is 2. The first-order chi connectivity index (χ1) is 12.0. The van der Waals surface area contributed by atoms with Crippen LogP contribution in [0.1, 0.15) is 27.9 Å². The monoisotopic (exact) mass is 358 g/mol. The fraction of sp³-hybridized carbons (Fsp3) is 0.350. The predicted octanol–water partition coefficient (Wildman–Crippen LogP) is 4.06. The van der Waals surface area contributed by atoms with Crippen LogP contribution in [0.25, 0.3) is 0 Å². The lowest BCUT2D eigenvalue weighted by Gasteiger charge is -2.25. The highest BCUT2D eigenvalue weighted by atomic mass is 35.5. The Bertz CT molecular complexity index is 763. The highest BCUT2D eigenvalue weighted by Crippen LogP contribution is 2.27. The molecule has 4 nitrogen and oxygen atoms in total. The molecule has 0 atom stereocenters. The summed E-state index contributed by atoms with van der Waals surface area (Å²) in [5.41, 5.74) is 3.74. The minimum atomic E-state index is -0.875. The van der Waals surface area contributed by atoms with Crippen molar-refractivity contribution in [2.24, 2.45) is 0 Å². The predicted molar refractivity (Wildman–Crippen MR) is 102 cm³/mol. The molecule has 0 unspecified atom stereocenters. The van der Waals surface area contributed by atoms with E-state index in [1.807, 2.05) is 24.3 Å². The van der Waals surface area contributed by atoms with E-state index in [0.717, 1.165) is 55.3 Å². The molecule has 5 heteroatoms. The van der Waals surface area contributed by atoms with Gasteiger partial charge in [0.1, 0.15) is 0 Å². The Morgan fingerprint density at radius 1 is 1.12 bits per heavy atom. The molecule has 1 saturated heterocycles. The van der Waals surface area contributed by atoms with E-state index in [-0.39, 0.29) is 0 Å². The summed E-state index contributed by atoms with van der Waals surface area (Å²) in [6, 6.07) is 13.3. The number of carbonyl (C=O) groups is 1. The van der Waals surface area contributed by atoms with Gasteiger partial charge in [-0.25, -0.2) is 4.79 Å². The average Bonchev–Trinajstić information content (AvgIpc) is 2.83. The van der Waals surface area contributed by atoms with Gasteiger partial charge in [0.15, 0.2) is 0 Å². The molecule has 0 aliphatic carbocycles. The molecule has 25 heavy (non-hydrogen) atoms. The molecule has 0 spiro atoms. The highest BCUT2D eigenvalue weighted by molar-refractivity contribution is 6.31. The van der Waals surface area contributed by atoms with Crippen molar-refractivity contribution in [2.45, 2.75) is 19.9 Å². The lowest BCUT2D eigenvalue weighted by atomic mass is 10.1. The first kappa shape index (κ1) is 17.8. The molecule has 1 heterocycles. The quantitative estimate of drug-likeness (QED) is 0.895. The average molecular weight is 359 g/mol. The van der Waals surface area contributed by atoms with Crippen LogP contribution >= 0.6 is 11.6 Å². The number of halogens is 1. The second-order valence-corrected chi connectivity index (χ2v) is 6.91. The molecule has 0 amide bonds. The summed E-state index contributed by atoms with van der Waals surface area (Å²) in [6.07, 6.45) is 1.07. The number of carboxylic acids is 1. The third-order valence-electron chi connectivity index (χ3n) is 4.75. The van der Waals surface area contributed by atoms with Crippen LogP contribution < -0.4 is 4.90 Å². The van der Waals surface area contributed by atoms with Gasteiger partial charge in [0.25, 0.3) is 0 Å². The van der Waals surface area contributed by atoms with Gasteiger partial charge in [0.05, 0.1) is 5.56 Å². The minimum absolute atomic E-state index is 0.350. The maximum Gasteiger partial charge on any atom is 0.335 e. The standard InChI is InChI=1S/C20H23ClN2O2/c1-15-18(21)7-3-8-19(15)23-10-4-9-22(11-12-23)14-16-5-2-6-17(13-16)20(24)25/h2-3,5-8,13H,4,9-12,14H2,1H3,(H,24,25). The molecule has 3 rings (SSSR count). The van der Waals surface area contributed by atoms with E-state index in [1.54, 1.807) is 12.1 Å². The molecule has 1 aliphatic rings. The number of carboxylic acid groups (broad SMARTS) is 1. The van der Waals surface area contributed by atoms with Crippen molar-refractivity contribution < 1.29 is 9.90 Å². The summed E-state index contributed by atoms with van der Waals surface area (Å²) in [4.78, 5) is 15.9. The lowest BCUT2D eigenvalue weighted by molar-refractivity contribution is 0.0696. The molecule has 1 aliphatic heterocycles. The first-order valence-electron chi connectivity index (χ1n) is 8.59. The second-order valence-electron chi connectivity index (χ2n) is 6.51. The second kappa shape index (κ2) is 7.89. The van der Waals surface area contributed by atoms with Gasteiger partial charge in [-0.3, -0.25) is 4.90 Å². The van der Waals surface area contributed by atoms with Gasteiger partial charge >= 0.3 is 5.97 Å². The Kier molecular flexibility index (Phi) is 5.61. The molecule has 132 valence electrons. The Morgan fingerprint density at radius 3 is 2.72 bits per heavy atom. The summed E-state index contributed by atoms with van der Waals surface area (Å²) < 4.78 is 0. The Balaban J connectivity index is 1.67. The zero-order valence-corrected chi connectivity index (χ0v) is 15.2. The SMILES string of the molecule is Cc1c(Cl)cccc1N1CCCN(Cc2cccc(C(=O)O)c2)CC1. The van der Waals surface area contributed by atoms with Crippen LogP contribution in [0.3, 0.4) is 0 Å². The summed E-state index contributed by atoms with van der Waals surface area (Å²) in [6.45, 7) is 6.75. The van der Waals surface area contributed by atoms with Crippen molar-refractivity contribution in [2.75, 3.05) is 31.1 Å². The van der Waals surface area contributed by atoms with Crippen molar-refractivity contribution in [1.29, 1.82) is 0 Å². The van der Waals surface area contributed by atoms with E-state index in [9.17, 15) is 4.79 Å². The molecule has 0 radical (unpaired) electrons. The third-order valence-corrected chi connectivity index (χ3v) is 5.16. The lowest BCUT2D eigenvalue weighted by Crippen LogP contribution is -2.30. The van der Waals surface area contributed by atoms with Gasteiger partial charge in [0, 0.05) is 43.4 Å². The van der Waals surface area contributed by atoms with Crippen LogP contribution in [0.5, 0.6) is 0 Å². The topological polar surface area (TPSA) is 43.8 Å². The van der Waals surface area contributed by atoms with E-state index in [0.29, 0.717) is 5.56 Å². The molecule has 1 N–H and O–H groups in total. The van der Waals surface area contributed by atoms with E-state index >= 15 is 0 Å². The molecule has 0 saturated carbocycles. The fourth-order valence-electron chi connectivity index (χ4n) is 3.37. The number of hydrogen-bond donors (Lipinski definition) is 1. The van der Waals surface area contributed by atoms with Crippen LogP contribution in [0.4, 0.5) is 5.69 Å². The van der Waals surface area contributed by atoms with Gasteiger partial charge in [0.2, 0.25) is 0 Å². The summed E-state index contributed by atoms with van der Waals surface area (Å²) in [5.74, 6) is -0.875. The normalized spacial score (nSPS) is 15.8. The van der Waals surface area contributed by atoms with E-state index in [2.05, 4.69) is 22.8 Å². The van der Waals surface area contributed by atoms with Crippen LogP contribution in [0.2, 0.25) is 5.02 Å². The zero-order chi connectivity index (χ0) is 17.8. The number of benzene rings is 2. The fourth-order valence-corrected chi connectivity index (χ4v) is 3.54. The molecular formula is C20H23ClN2O2. The maximum absolute atomic E-state index is 11.1. The van der Waals surface area contributed by atoms with Crippen molar-refractivity contribution in [1.82, 2.24) is 4.90 Å². The number of rotatable bonds is 4. The Morgan fingerprint density at radius 2 is 1.92 bits per heavy atom. The maximum atomic E-state index is 11.1. The van der Waals surface area contributed by atoms with E-state index < -0.39 is 5.97 Å². The van der Waals surface area contributed by atoms with Crippen LogP contribution in [-0.2, 0) is 6.54 Å². The first-order valence-corrected chi connectivity index (χ1v) is 8.97. The molecular weight excluding hydrogens is 336 g/mol. The number of hydrogen-bond acceptors (Lipinski definition) is 3. The zero-order valence-electron chi connectivity index (χ0n) is 14.4. The van der Waals surface area contributed by atoms with Crippen molar-refractivity contribution >= 4 is 23.3 Å². The third kappa shape index (κ3) is 4.33. The van der Waals surface area contributed by atoms with Gasteiger partial charge in [-0.1, -0.05) is 29.8 Å². The smallest absolute Gasteiger partial charge is 0.335 e. The molecule has 0 bridgehead atoms. The van der Waals surface area contributed by atoms with E-state index in [1.165, 1.54) is 5.69 Å². The van der Waals surface area contributed by atoms with Crippen molar-refractivity contribution in [3.8, 4) is 0 Å². The van der Waals surface area contributed by atoms with Gasteiger partial charge < -0.3 is 10.0 Å². The van der Waals surface area contributed by atoms with Crippen molar-refractivity contribution in [3.63, 3.8) is 0 Å². The van der Waals surface area contributed by atoms with Crippen LogP contribution in [0, 0.1) is 6.92 Å². The van der Waals surface area contributed by atoms with Gasteiger partial charge in [-0.15, -0.1) is 0 Å². The minimum Gasteiger partial charge on any atom is -0.478 e. The molecule has 1 fully saturated rings. The molecule has 0 aromatic heterocycles. The van der Waals surface area contributed by atoms with Crippen LogP contribution in [-0.4, -0.2) is 42.2 Å². The Labute approximate surface area is 153 Å². The van der Waals surface area contributed by atoms with Gasteiger partial charge in [-0.05, 0) is 48.7 Å². The van der Waals surface area contributed by atoms with Crippen LogP contribution in [0.15, 0.2) is 42.5 Å². The number of aromatic carboxylic acids is 1. The van der Waals surface area contributed by atoms with E-state index in [4.69, 9.17) is 16.7 Å². The summed E-state index contributed by atoms with van der Waals surface area (Å²) in [5, 5.41) is 9.95. The summed E-state index contributed by atoms with van der Waals surface area (Å²) in [7, 11) is 0. The van der Waals surface area contributed by atoms with Crippen molar-refractivity contribution in [3.05, 3.63) is 64.2 Å². The molecule has 2 aromatic carbocycles. The summed E-state index contributed by atoms with van der Waals surface area (Å²) >= 11 is 6.27. The molecule has 2 aromatic rings. The Hall–Kier alpha value is -2.04. The largest absolute Gasteiger partial charge is 0.478 e. The number of anilines is 1. The van der Waals surface area contributed by atoms with Gasteiger partial charge in [-0.2, -0.15) is 0 Å². The highest BCUT2D eigenvalue weighted by Gasteiger charge is 2.17.